The van der Waals surface area contributed by atoms with Gasteiger partial charge in [0.25, 0.3) is 11.8 Å². The molecule has 3 amide bonds. The van der Waals surface area contributed by atoms with Crippen molar-refractivity contribution in [2.24, 2.45) is 0 Å². The van der Waals surface area contributed by atoms with Gasteiger partial charge in [0.05, 0.1) is 0 Å². The van der Waals surface area contributed by atoms with E-state index in [2.05, 4.69) is 17.2 Å². The summed E-state index contributed by atoms with van der Waals surface area (Å²) < 4.78 is 0. The molecule has 2 aromatic rings. The Kier molecular flexibility index (Phi) is 4.84. The molecule has 3 rings (SSSR count). The summed E-state index contributed by atoms with van der Waals surface area (Å²) in [6, 6.07) is 13.9. The molecule has 1 aliphatic rings. The minimum atomic E-state index is -0.214. The average Bonchev–Trinajstić information content (AvgIpc) is 2.91. The number of amides is 3. The Morgan fingerprint density at radius 1 is 1.04 bits per heavy atom. The summed E-state index contributed by atoms with van der Waals surface area (Å²) in [4.78, 5) is 37.6. The molecule has 0 saturated heterocycles. The maximum atomic E-state index is 12.4. The predicted octanol–water partition coefficient (Wildman–Crippen LogP) is 2.50. The first-order valence-corrected chi connectivity index (χ1v) is 8.23. The molecule has 0 spiro atoms. The number of carbonyl (C=O) groups excluding carboxylic acids is 3. The number of fused-ring (bicyclic) bond motifs is 1. The van der Waals surface area contributed by atoms with E-state index in [1.165, 1.54) is 4.90 Å². The monoisotopic (exact) mass is 349 g/mol. The first kappa shape index (κ1) is 17.4. The van der Waals surface area contributed by atoms with E-state index in [4.69, 9.17) is 0 Å². The van der Waals surface area contributed by atoms with Gasteiger partial charge < -0.3 is 15.5 Å². The molecule has 0 unspecified atom stereocenters. The zero-order valence-electron chi connectivity index (χ0n) is 14.4. The molecule has 0 fully saturated rings. The van der Waals surface area contributed by atoms with E-state index in [-0.39, 0.29) is 30.7 Å². The number of hydrogen-bond donors (Lipinski definition) is 2. The van der Waals surface area contributed by atoms with Crippen LogP contribution in [0.5, 0.6) is 0 Å². The Balaban J connectivity index is 1.57. The summed E-state index contributed by atoms with van der Waals surface area (Å²) in [5.41, 5.74) is 3.15. The summed E-state index contributed by atoms with van der Waals surface area (Å²) in [6.07, 6.45) is 0.149. The van der Waals surface area contributed by atoms with Crippen molar-refractivity contribution < 1.29 is 14.4 Å². The highest BCUT2D eigenvalue weighted by Gasteiger charge is 2.30. The second-order valence-corrected chi connectivity index (χ2v) is 5.90. The molecule has 132 valence electrons. The highest BCUT2D eigenvalue weighted by molar-refractivity contribution is 6.09. The fourth-order valence-corrected chi connectivity index (χ4v) is 2.86. The summed E-state index contributed by atoms with van der Waals surface area (Å²) in [5, 5.41) is 5.30. The van der Waals surface area contributed by atoms with Crippen molar-refractivity contribution in [3.05, 3.63) is 71.8 Å². The van der Waals surface area contributed by atoms with Crippen LogP contribution in [-0.2, 0) is 4.79 Å². The van der Waals surface area contributed by atoms with Crippen molar-refractivity contribution in [3.8, 4) is 0 Å². The standard InChI is InChI=1S/C20H19N3O3/c1-13-16-5-3-4-6-17(16)20(26)23(13)12-11-18(24)22-15-9-7-14(8-10-15)19(25)21-2/h3-10H,1,11-12H2,2H3,(H,21,25)(H,22,24). The van der Waals surface area contributed by atoms with E-state index in [1.807, 2.05) is 18.2 Å². The zero-order valence-corrected chi connectivity index (χ0v) is 14.4. The normalized spacial score (nSPS) is 12.7. The summed E-state index contributed by atoms with van der Waals surface area (Å²) >= 11 is 0. The van der Waals surface area contributed by atoms with Crippen LogP contribution in [0.1, 0.15) is 32.7 Å². The Bertz CT molecular complexity index is 852. The van der Waals surface area contributed by atoms with Crippen LogP contribution in [0.4, 0.5) is 5.69 Å². The molecule has 0 atom stereocenters. The number of rotatable bonds is 5. The lowest BCUT2D eigenvalue weighted by Crippen LogP contribution is -2.27. The van der Waals surface area contributed by atoms with Gasteiger partial charge in [0, 0.05) is 48.1 Å². The molecule has 6 nitrogen and oxygen atoms in total. The van der Waals surface area contributed by atoms with Crippen molar-refractivity contribution >= 4 is 29.1 Å². The quantitative estimate of drug-likeness (QED) is 0.870. The maximum Gasteiger partial charge on any atom is 0.258 e. The van der Waals surface area contributed by atoms with Gasteiger partial charge in [0.15, 0.2) is 0 Å². The summed E-state index contributed by atoms with van der Waals surface area (Å²) in [6.45, 7) is 4.22. The Morgan fingerprint density at radius 2 is 1.69 bits per heavy atom. The largest absolute Gasteiger partial charge is 0.355 e. The molecule has 6 heteroatoms. The van der Waals surface area contributed by atoms with Crippen LogP contribution in [0.15, 0.2) is 55.1 Å². The molecule has 1 aliphatic heterocycles. The van der Waals surface area contributed by atoms with Crippen LogP contribution in [-0.4, -0.2) is 36.2 Å². The number of nitrogens with one attached hydrogen (secondary N) is 2. The van der Waals surface area contributed by atoms with Gasteiger partial charge in [-0.2, -0.15) is 0 Å². The second-order valence-electron chi connectivity index (χ2n) is 5.90. The molecular weight excluding hydrogens is 330 g/mol. The van der Waals surface area contributed by atoms with Crippen LogP contribution in [0.3, 0.4) is 0 Å². The Hall–Kier alpha value is -3.41. The molecule has 0 bridgehead atoms. The predicted molar refractivity (Wildman–Crippen MR) is 99.6 cm³/mol. The lowest BCUT2D eigenvalue weighted by Gasteiger charge is -2.17. The van der Waals surface area contributed by atoms with E-state index in [9.17, 15) is 14.4 Å². The van der Waals surface area contributed by atoms with Gasteiger partial charge in [-0.05, 0) is 30.3 Å². The molecule has 2 N–H and O–H groups in total. The van der Waals surface area contributed by atoms with Crippen molar-refractivity contribution in [2.75, 3.05) is 18.9 Å². The highest BCUT2D eigenvalue weighted by atomic mass is 16.2. The fraction of sp³-hybridized carbons (Fsp3) is 0.150. The third kappa shape index (κ3) is 3.35. The molecular formula is C20H19N3O3. The van der Waals surface area contributed by atoms with Crippen LogP contribution in [0.25, 0.3) is 5.70 Å². The Labute approximate surface area is 151 Å². The highest BCUT2D eigenvalue weighted by Crippen LogP contribution is 2.31. The minimum Gasteiger partial charge on any atom is -0.355 e. The van der Waals surface area contributed by atoms with Crippen LogP contribution in [0.2, 0.25) is 0 Å². The smallest absolute Gasteiger partial charge is 0.258 e. The van der Waals surface area contributed by atoms with Crippen LogP contribution >= 0.6 is 0 Å². The maximum absolute atomic E-state index is 12.4. The van der Waals surface area contributed by atoms with Gasteiger partial charge in [0.1, 0.15) is 0 Å². The molecule has 0 aliphatic carbocycles. The number of carbonyl (C=O) groups is 3. The average molecular weight is 349 g/mol. The van der Waals surface area contributed by atoms with Crippen LogP contribution in [0, 0.1) is 0 Å². The first-order chi connectivity index (χ1) is 12.5. The lowest BCUT2D eigenvalue weighted by molar-refractivity contribution is -0.116. The number of anilines is 1. The van der Waals surface area contributed by atoms with Gasteiger partial charge in [-0.25, -0.2) is 0 Å². The SMILES string of the molecule is C=C1c2ccccc2C(=O)N1CCC(=O)Nc1ccc(C(=O)NC)cc1. The number of benzene rings is 2. The molecule has 0 radical (unpaired) electrons. The van der Waals surface area contributed by atoms with Gasteiger partial charge in [-0.3, -0.25) is 14.4 Å². The van der Waals surface area contributed by atoms with E-state index in [0.717, 1.165) is 5.56 Å². The lowest BCUT2D eigenvalue weighted by atomic mass is 10.1. The minimum absolute atomic E-state index is 0.131. The topological polar surface area (TPSA) is 78.5 Å². The number of nitrogens with zero attached hydrogens (tertiary/aromatic N) is 1. The van der Waals surface area contributed by atoms with Gasteiger partial charge >= 0.3 is 0 Å². The van der Waals surface area contributed by atoms with Crippen molar-refractivity contribution in [1.29, 1.82) is 0 Å². The summed E-state index contributed by atoms with van der Waals surface area (Å²) in [7, 11) is 1.56. The number of hydrogen-bond acceptors (Lipinski definition) is 3. The van der Waals surface area contributed by atoms with Gasteiger partial charge in [-0.15, -0.1) is 0 Å². The van der Waals surface area contributed by atoms with E-state index in [0.29, 0.717) is 22.5 Å². The second kappa shape index (κ2) is 7.23. The van der Waals surface area contributed by atoms with E-state index >= 15 is 0 Å². The van der Waals surface area contributed by atoms with Crippen molar-refractivity contribution in [2.45, 2.75) is 6.42 Å². The molecule has 0 aromatic heterocycles. The zero-order chi connectivity index (χ0) is 18.7. The molecule has 0 saturated carbocycles. The van der Waals surface area contributed by atoms with Crippen LogP contribution < -0.4 is 10.6 Å². The molecule has 2 aromatic carbocycles. The van der Waals surface area contributed by atoms with Gasteiger partial charge in [-0.1, -0.05) is 24.8 Å². The van der Waals surface area contributed by atoms with Gasteiger partial charge in [0.2, 0.25) is 5.91 Å². The fourth-order valence-electron chi connectivity index (χ4n) is 2.86. The van der Waals surface area contributed by atoms with Crippen molar-refractivity contribution in [3.63, 3.8) is 0 Å². The molecule has 26 heavy (non-hydrogen) atoms. The third-order valence-corrected chi connectivity index (χ3v) is 4.26. The first-order valence-electron chi connectivity index (χ1n) is 8.23. The molecule has 1 heterocycles. The Morgan fingerprint density at radius 3 is 2.31 bits per heavy atom. The van der Waals surface area contributed by atoms with Crippen molar-refractivity contribution in [1.82, 2.24) is 10.2 Å². The van der Waals surface area contributed by atoms with E-state index < -0.39 is 0 Å². The summed E-state index contributed by atoms with van der Waals surface area (Å²) in [5.74, 6) is -0.531. The van der Waals surface area contributed by atoms with E-state index in [1.54, 1.807) is 37.4 Å². The third-order valence-electron chi connectivity index (χ3n) is 4.26.